The van der Waals surface area contributed by atoms with E-state index in [0.717, 1.165) is 29.6 Å². The number of aromatic nitrogens is 1. The first-order chi connectivity index (χ1) is 15.8. The molecule has 1 saturated heterocycles. The Morgan fingerprint density at radius 1 is 1.15 bits per heavy atom. The highest BCUT2D eigenvalue weighted by Crippen LogP contribution is 2.37. The first kappa shape index (κ1) is 23.8. The van der Waals surface area contributed by atoms with Crippen LogP contribution >= 0.6 is 11.6 Å². The Morgan fingerprint density at radius 2 is 1.88 bits per heavy atom. The molecule has 33 heavy (non-hydrogen) atoms. The van der Waals surface area contributed by atoms with E-state index in [1.54, 1.807) is 11.1 Å². The second-order valence-electron chi connectivity index (χ2n) is 9.08. The maximum atomic E-state index is 13.2. The lowest BCUT2D eigenvalue weighted by molar-refractivity contribution is -0.134. The predicted octanol–water partition coefficient (Wildman–Crippen LogP) is 3.86. The van der Waals surface area contributed by atoms with Crippen molar-refractivity contribution in [2.45, 2.75) is 44.6 Å². The van der Waals surface area contributed by atoms with Gasteiger partial charge in [0.05, 0.1) is 12.1 Å². The number of benzene rings is 1. The molecule has 2 heterocycles. The van der Waals surface area contributed by atoms with Crippen LogP contribution in [-0.4, -0.2) is 65.2 Å². The van der Waals surface area contributed by atoms with Crippen LogP contribution in [0.4, 0.5) is 8.78 Å². The topological polar surface area (TPSA) is 65.5 Å². The first-order valence-corrected chi connectivity index (χ1v) is 11.8. The average Bonchev–Trinajstić information content (AvgIpc) is 2.79. The minimum absolute atomic E-state index is 0.0275. The molecule has 0 unspecified atom stereocenters. The molecule has 9 heteroatoms. The fourth-order valence-corrected chi connectivity index (χ4v) is 4.92. The minimum atomic E-state index is -2.60. The van der Waals surface area contributed by atoms with E-state index in [0.29, 0.717) is 37.5 Å². The molecule has 1 saturated carbocycles. The molecule has 1 N–H and O–H groups in total. The Hall–Kier alpha value is -2.32. The highest BCUT2D eigenvalue weighted by Gasteiger charge is 2.35. The molecular formula is C24H29ClF2N4O2. The normalized spacial score (nSPS) is 19.5. The van der Waals surface area contributed by atoms with E-state index in [-0.39, 0.29) is 43.5 Å². The number of carbonyl (C=O) groups excluding carboxylic acids is 2. The number of amides is 2. The number of nitrogens with zero attached hydrogens (tertiary/aromatic N) is 3. The lowest BCUT2D eigenvalue weighted by atomic mass is 9.84. The van der Waals surface area contributed by atoms with Crippen LogP contribution in [0.1, 0.15) is 37.7 Å². The van der Waals surface area contributed by atoms with E-state index in [1.807, 2.05) is 24.3 Å². The Kier molecular flexibility index (Phi) is 7.44. The summed E-state index contributed by atoms with van der Waals surface area (Å²) in [6.07, 6.45) is 2.37. The van der Waals surface area contributed by atoms with Gasteiger partial charge in [-0.2, -0.15) is 0 Å². The van der Waals surface area contributed by atoms with Crippen LogP contribution in [0.3, 0.4) is 0 Å². The Morgan fingerprint density at radius 3 is 2.61 bits per heavy atom. The van der Waals surface area contributed by atoms with Gasteiger partial charge in [0.25, 0.3) is 0 Å². The van der Waals surface area contributed by atoms with Crippen molar-refractivity contribution in [1.29, 1.82) is 0 Å². The summed E-state index contributed by atoms with van der Waals surface area (Å²) in [4.78, 5) is 33.2. The smallest absolute Gasteiger partial charge is 0.248 e. The second kappa shape index (κ2) is 10.3. The van der Waals surface area contributed by atoms with Gasteiger partial charge in [-0.1, -0.05) is 17.7 Å². The molecular weight excluding hydrogens is 450 g/mol. The van der Waals surface area contributed by atoms with Crippen LogP contribution in [0, 0.1) is 5.92 Å². The lowest BCUT2D eigenvalue weighted by Crippen LogP contribution is -2.51. The maximum absolute atomic E-state index is 13.2. The van der Waals surface area contributed by atoms with Gasteiger partial charge in [0.1, 0.15) is 0 Å². The molecule has 2 fully saturated rings. The van der Waals surface area contributed by atoms with Crippen molar-refractivity contribution in [2.75, 3.05) is 32.7 Å². The average molecular weight is 479 g/mol. The Labute approximate surface area is 197 Å². The molecule has 1 aromatic heterocycles. The maximum Gasteiger partial charge on any atom is 0.248 e. The zero-order chi connectivity index (χ0) is 23.4. The van der Waals surface area contributed by atoms with Crippen LogP contribution in [0.2, 0.25) is 5.02 Å². The molecule has 2 amide bonds. The SMILES string of the molecule is O=C(CC1CCC(F)(F)CC1)NCC(=O)N1CCN(Cc2cc(Cl)cc3cccnc23)CC1. The zero-order valence-electron chi connectivity index (χ0n) is 18.5. The molecule has 2 aromatic rings. The second-order valence-corrected chi connectivity index (χ2v) is 9.51. The van der Waals surface area contributed by atoms with E-state index in [4.69, 9.17) is 11.6 Å². The number of hydrogen-bond acceptors (Lipinski definition) is 4. The molecule has 0 bridgehead atoms. The molecule has 178 valence electrons. The molecule has 4 rings (SSSR count). The fourth-order valence-electron chi connectivity index (χ4n) is 4.67. The van der Waals surface area contributed by atoms with Gasteiger partial charge >= 0.3 is 0 Å². The first-order valence-electron chi connectivity index (χ1n) is 11.5. The van der Waals surface area contributed by atoms with Crippen molar-refractivity contribution in [3.63, 3.8) is 0 Å². The molecule has 1 aliphatic carbocycles. The van der Waals surface area contributed by atoms with Gasteiger partial charge in [-0.25, -0.2) is 8.78 Å². The monoisotopic (exact) mass is 478 g/mol. The van der Waals surface area contributed by atoms with Crippen LogP contribution in [0.15, 0.2) is 30.5 Å². The summed E-state index contributed by atoms with van der Waals surface area (Å²) in [6.45, 7) is 3.25. The van der Waals surface area contributed by atoms with Crippen LogP contribution in [0.5, 0.6) is 0 Å². The van der Waals surface area contributed by atoms with Crippen LogP contribution in [-0.2, 0) is 16.1 Å². The van der Waals surface area contributed by atoms with Gasteiger partial charge in [-0.05, 0) is 42.5 Å². The number of hydrogen-bond donors (Lipinski definition) is 1. The van der Waals surface area contributed by atoms with Crippen LogP contribution in [0.25, 0.3) is 10.9 Å². The van der Waals surface area contributed by atoms with Crippen LogP contribution < -0.4 is 5.32 Å². The molecule has 0 radical (unpaired) electrons. The number of alkyl halides is 2. The largest absolute Gasteiger partial charge is 0.347 e. The summed E-state index contributed by atoms with van der Waals surface area (Å²) < 4.78 is 26.5. The zero-order valence-corrected chi connectivity index (χ0v) is 19.3. The van der Waals surface area contributed by atoms with Gasteiger partial charge in [0.15, 0.2) is 0 Å². The van der Waals surface area contributed by atoms with Crippen molar-refractivity contribution in [2.24, 2.45) is 5.92 Å². The number of carbonyl (C=O) groups is 2. The number of nitrogens with one attached hydrogen (secondary N) is 1. The summed E-state index contributed by atoms with van der Waals surface area (Å²) in [5.41, 5.74) is 2.00. The Bertz CT molecular complexity index is 1000. The van der Waals surface area contributed by atoms with E-state index in [2.05, 4.69) is 15.2 Å². The van der Waals surface area contributed by atoms with Gasteiger partial charge in [-0.15, -0.1) is 0 Å². The predicted molar refractivity (Wildman–Crippen MR) is 123 cm³/mol. The van der Waals surface area contributed by atoms with E-state index < -0.39 is 5.92 Å². The van der Waals surface area contributed by atoms with Gasteiger partial charge in [0.2, 0.25) is 17.7 Å². The summed E-state index contributed by atoms with van der Waals surface area (Å²) in [5.74, 6) is -2.98. The fraction of sp³-hybridized carbons (Fsp3) is 0.542. The van der Waals surface area contributed by atoms with Crippen molar-refractivity contribution >= 4 is 34.3 Å². The minimum Gasteiger partial charge on any atom is -0.347 e. The third-order valence-electron chi connectivity index (χ3n) is 6.62. The van der Waals surface area contributed by atoms with Crippen molar-refractivity contribution in [3.05, 3.63) is 41.0 Å². The van der Waals surface area contributed by atoms with Crippen molar-refractivity contribution in [1.82, 2.24) is 20.1 Å². The van der Waals surface area contributed by atoms with Gasteiger partial charge in [0, 0.05) is 68.6 Å². The number of fused-ring (bicyclic) bond motifs is 1. The molecule has 2 aliphatic rings. The standard InChI is InChI=1S/C24H29ClF2N4O2/c25-20-13-18-2-1-7-28-23(18)19(14-20)16-30-8-10-31(11-9-30)22(33)15-29-21(32)12-17-3-5-24(26,27)6-4-17/h1-2,7,13-14,17H,3-6,8-12,15-16H2,(H,29,32). The summed E-state index contributed by atoms with van der Waals surface area (Å²) in [6, 6.07) is 7.73. The number of pyridine rings is 1. The quantitative estimate of drug-likeness (QED) is 0.684. The van der Waals surface area contributed by atoms with Gasteiger partial charge in [-0.3, -0.25) is 19.5 Å². The van der Waals surface area contributed by atoms with E-state index in [1.165, 1.54) is 0 Å². The highest BCUT2D eigenvalue weighted by molar-refractivity contribution is 6.31. The van der Waals surface area contributed by atoms with Crippen molar-refractivity contribution < 1.29 is 18.4 Å². The van der Waals surface area contributed by atoms with E-state index >= 15 is 0 Å². The summed E-state index contributed by atoms with van der Waals surface area (Å²) >= 11 is 6.27. The van der Waals surface area contributed by atoms with Crippen molar-refractivity contribution in [3.8, 4) is 0 Å². The number of halogens is 3. The summed E-state index contributed by atoms with van der Waals surface area (Å²) in [5, 5.41) is 4.35. The molecule has 6 nitrogen and oxygen atoms in total. The molecule has 0 atom stereocenters. The number of piperazine rings is 1. The highest BCUT2D eigenvalue weighted by atomic mass is 35.5. The third-order valence-corrected chi connectivity index (χ3v) is 6.83. The number of rotatable bonds is 6. The van der Waals surface area contributed by atoms with E-state index in [9.17, 15) is 18.4 Å². The lowest BCUT2D eigenvalue weighted by Gasteiger charge is -2.35. The molecule has 0 spiro atoms. The molecule has 1 aromatic carbocycles. The Balaban J connectivity index is 1.21. The summed E-state index contributed by atoms with van der Waals surface area (Å²) in [7, 11) is 0. The van der Waals surface area contributed by atoms with Gasteiger partial charge < -0.3 is 10.2 Å². The third kappa shape index (κ3) is 6.38. The molecule has 1 aliphatic heterocycles.